The van der Waals surface area contributed by atoms with Gasteiger partial charge >= 0.3 is 7.32 Å². The van der Waals surface area contributed by atoms with Gasteiger partial charge in [-0.1, -0.05) is 54.6 Å². The lowest BCUT2D eigenvalue weighted by atomic mass is 10.0. The Bertz CT molecular complexity index is 4520. The molecule has 0 fully saturated rings. The largest absolute Gasteiger partial charge is 0.631 e. The summed E-state index contributed by atoms with van der Waals surface area (Å²) in [5.41, 5.74) is -14.1. The maximum Gasteiger partial charge on any atom is 0.631 e. The van der Waals surface area contributed by atoms with E-state index in [2.05, 4.69) is 129 Å². The van der Waals surface area contributed by atoms with Crippen LogP contribution >= 0.6 is 0 Å². The second-order valence-electron chi connectivity index (χ2n) is 23.4. The van der Waals surface area contributed by atoms with E-state index in [-0.39, 0.29) is 0 Å². The summed E-state index contributed by atoms with van der Waals surface area (Å²) >= 11 is 0. The van der Waals surface area contributed by atoms with Gasteiger partial charge in [-0.15, -0.1) is 0 Å². The van der Waals surface area contributed by atoms with Gasteiger partial charge in [-0.25, -0.2) is 176 Å². The number of rotatable bonds is 13. The highest BCUT2D eigenvalue weighted by molar-refractivity contribution is 6.30. The average Bonchev–Trinajstić information content (AvgIpc) is 0.765. The molecule has 0 saturated heterocycles. The first kappa shape index (κ1) is 105. The van der Waals surface area contributed by atoms with Gasteiger partial charge in [-0.05, 0) is 77.9 Å². The number of benzene rings is 11. The van der Waals surface area contributed by atoms with E-state index in [4.69, 9.17) is 15.1 Å². The van der Waals surface area contributed by atoms with E-state index >= 15 is 0 Å². The zero-order valence-corrected chi connectivity index (χ0v) is 62.8. The summed E-state index contributed by atoms with van der Waals surface area (Å²) in [6.07, 6.45) is 0. The molecule has 0 bridgehead atoms. The predicted molar refractivity (Wildman–Crippen MR) is 368 cm³/mol. The SMILES string of the molecule is CCN(CC)c1ccccc1.CCN(CC)c1ccccc1.CCN(CC)c1ccccc1.Fc1c(F)c(F)c(-c2c(F)c(F)c(F)c(F)c2F)c(F)c1F.Fc1c(F)c(F)c(-c2c(F)c(F)c(F)c(F)c2F)c(F)c1F.Fc1c(F)c(F)c(-c2c(F)c(F)c(F)c(F)c2F)c(F)c1F.Fc1c(F)c(F)c(-c2c(F)c(F)c(F)c(F)c2F)c(F)c1F.OB(O)O. The van der Waals surface area contributed by atoms with Crippen LogP contribution in [-0.4, -0.2) is 61.7 Å². The molecule has 0 aliphatic rings. The highest BCUT2D eigenvalue weighted by atomic mass is 19.2. The molecule has 0 amide bonds. The van der Waals surface area contributed by atoms with Crippen molar-refractivity contribution in [2.24, 2.45) is 0 Å². The number of halogens is 40. The molecular formula is C78H48BF40N3O3. The second kappa shape index (κ2) is 45.6. The third-order valence-electron chi connectivity index (χ3n) is 16.3. The highest BCUT2D eigenvalue weighted by Gasteiger charge is 2.40. The molecule has 0 atom stereocenters. The van der Waals surface area contributed by atoms with Crippen LogP contribution in [0.15, 0.2) is 91.0 Å². The van der Waals surface area contributed by atoms with Crippen LogP contribution in [-0.2, 0) is 0 Å². The molecule has 11 aromatic carbocycles. The van der Waals surface area contributed by atoms with Crippen LogP contribution < -0.4 is 14.7 Å². The summed E-state index contributed by atoms with van der Waals surface area (Å²) in [6.45, 7) is 19.6. The fourth-order valence-electron chi connectivity index (χ4n) is 10.3. The lowest BCUT2D eigenvalue weighted by Gasteiger charge is -2.20. The first-order valence-electron chi connectivity index (χ1n) is 33.9. The molecule has 3 N–H and O–H groups in total. The molecule has 6 nitrogen and oxygen atoms in total. The number of anilines is 3. The van der Waals surface area contributed by atoms with Gasteiger partial charge in [0.1, 0.15) is 0 Å². The second-order valence-corrected chi connectivity index (χ2v) is 23.4. The predicted octanol–water partition coefficient (Wildman–Crippen LogP) is 24.5. The van der Waals surface area contributed by atoms with E-state index in [0.717, 1.165) is 39.3 Å². The van der Waals surface area contributed by atoms with Crippen LogP contribution in [0.1, 0.15) is 41.5 Å². The van der Waals surface area contributed by atoms with Crippen molar-refractivity contribution in [1.29, 1.82) is 0 Å². The van der Waals surface area contributed by atoms with E-state index in [1.165, 1.54) is 17.1 Å². The molecule has 676 valence electrons. The first-order valence-corrected chi connectivity index (χ1v) is 33.9. The van der Waals surface area contributed by atoms with E-state index in [9.17, 15) is 176 Å². The van der Waals surface area contributed by atoms with Crippen LogP contribution in [0.2, 0.25) is 0 Å². The van der Waals surface area contributed by atoms with Gasteiger partial charge < -0.3 is 29.8 Å². The van der Waals surface area contributed by atoms with Gasteiger partial charge in [0.15, 0.2) is 186 Å². The Morgan fingerprint density at radius 2 is 0.224 bits per heavy atom. The Kier molecular flexibility index (Phi) is 38.4. The normalized spacial score (nSPS) is 10.6. The van der Waals surface area contributed by atoms with Gasteiger partial charge in [-0.3, -0.25) is 0 Å². The zero-order chi connectivity index (χ0) is 95.6. The Morgan fingerprint density at radius 1 is 0.152 bits per heavy atom. The van der Waals surface area contributed by atoms with Crippen molar-refractivity contribution >= 4 is 24.4 Å². The van der Waals surface area contributed by atoms with Crippen LogP contribution in [0.5, 0.6) is 0 Å². The Hall–Kier alpha value is -12.0. The number of hydrogen-bond donors (Lipinski definition) is 3. The first-order chi connectivity index (χ1) is 58.3. The minimum Gasteiger partial charge on any atom is -0.402 e. The van der Waals surface area contributed by atoms with Gasteiger partial charge in [0.25, 0.3) is 0 Å². The molecule has 0 heterocycles. The van der Waals surface area contributed by atoms with Crippen LogP contribution in [0.25, 0.3) is 44.5 Å². The molecule has 125 heavy (non-hydrogen) atoms. The summed E-state index contributed by atoms with van der Waals surface area (Å²) in [5.74, 6) is -107. The van der Waals surface area contributed by atoms with Crippen molar-refractivity contribution in [2.75, 3.05) is 54.0 Å². The van der Waals surface area contributed by atoms with Crippen molar-refractivity contribution in [3.63, 3.8) is 0 Å². The number of hydrogen-bond acceptors (Lipinski definition) is 6. The fraction of sp³-hybridized carbons (Fsp3) is 0.154. The third-order valence-corrected chi connectivity index (χ3v) is 16.3. The Balaban J connectivity index is 0.000000309. The van der Waals surface area contributed by atoms with E-state index in [1.54, 1.807) is 0 Å². The number of para-hydroxylation sites is 3. The summed E-state index contributed by atoms with van der Waals surface area (Å²) in [5, 5.41) is 21.5. The topological polar surface area (TPSA) is 70.4 Å². The van der Waals surface area contributed by atoms with Gasteiger partial charge in [-0.2, -0.15) is 0 Å². The Labute approximate surface area is 677 Å². The van der Waals surface area contributed by atoms with Crippen LogP contribution in [0.3, 0.4) is 0 Å². The molecule has 0 spiro atoms. The molecule has 0 aromatic heterocycles. The molecule has 11 aromatic rings. The molecule has 47 heteroatoms. The van der Waals surface area contributed by atoms with Crippen LogP contribution in [0, 0.1) is 233 Å². The average molecular weight is 1850 g/mol. The van der Waals surface area contributed by atoms with Crippen molar-refractivity contribution in [3.8, 4) is 44.5 Å². The minimum absolute atomic E-state index is 1.08. The van der Waals surface area contributed by atoms with E-state index in [0.29, 0.717) is 0 Å². The van der Waals surface area contributed by atoms with E-state index in [1.807, 2.05) is 18.2 Å². The molecule has 0 saturated carbocycles. The lowest BCUT2D eigenvalue weighted by Crippen LogP contribution is -2.21. The van der Waals surface area contributed by atoms with Gasteiger partial charge in [0.2, 0.25) is 46.5 Å². The molecular weight excluding hydrogens is 1800 g/mol. The van der Waals surface area contributed by atoms with Crippen molar-refractivity contribution < 1.29 is 191 Å². The standard InChI is InChI=1S/4C12F10.3C10H15N.BH3O3/c4*13-3-1(4(14)8(18)11(21)7(3)17)2-5(15)9(19)12(22)10(20)6(2)16;3*1-3-11(4-2)10-8-6-5-7-9-10;2-1(3)4/h;;;;3*5-9H,3-4H2,1-2H3;2-4H. The summed E-state index contributed by atoms with van der Waals surface area (Å²) in [6, 6.07) is 31.5. The molecule has 0 unspecified atom stereocenters. The fourth-order valence-corrected chi connectivity index (χ4v) is 10.3. The summed E-state index contributed by atoms with van der Waals surface area (Å²) in [7, 11) is -2.17. The third kappa shape index (κ3) is 22.7. The molecule has 0 aliphatic carbocycles. The Morgan fingerprint density at radius 3 is 0.296 bits per heavy atom. The lowest BCUT2D eigenvalue weighted by molar-refractivity contribution is 0.278. The van der Waals surface area contributed by atoms with Gasteiger partial charge in [0.05, 0.1) is 44.5 Å². The molecule has 0 aliphatic heterocycles. The van der Waals surface area contributed by atoms with Crippen molar-refractivity contribution in [3.05, 3.63) is 324 Å². The van der Waals surface area contributed by atoms with Crippen molar-refractivity contribution in [2.45, 2.75) is 41.5 Å². The summed E-state index contributed by atoms with van der Waals surface area (Å²) in [4.78, 5) is 7.00. The summed E-state index contributed by atoms with van der Waals surface area (Å²) < 4.78 is 525. The minimum atomic E-state index is -2.68. The maximum absolute atomic E-state index is 13.4. The van der Waals surface area contributed by atoms with Gasteiger partial charge in [0, 0.05) is 56.3 Å². The molecule has 0 radical (unpaired) electrons. The smallest absolute Gasteiger partial charge is 0.402 e. The van der Waals surface area contributed by atoms with E-state index < -0.39 is 285 Å². The quantitative estimate of drug-likeness (QED) is 0.0463. The molecule has 11 rings (SSSR count). The maximum atomic E-state index is 13.4. The van der Waals surface area contributed by atoms with Crippen LogP contribution in [0.4, 0.5) is 193 Å². The zero-order valence-electron chi connectivity index (χ0n) is 62.8. The van der Waals surface area contributed by atoms with Crippen molar-refractivity contribution in [1.82, 2.24) is 0 Å². The number of nitrogens with zero attached hydrogens (tertiary/aromatic N) is 3. The highest BCUT2D eigenvalue weighted by Crippen LogP contribution is 2.43. The monoisotopic (exact) mass is 1850 g/mol.